The Labute approximate surface area is 270 Å². The number of rotatable bonds is 4. The summed E-state index contributed by atoms with van der Waals surface area (Å²) >= 11 is 0. The van der Waals surface area contributed by atoms with Crippen molar-refractivity contribution in [3.63, 3.8) is 0 Å². The number of aromatic nitrogens is 2. The zero-order valence-corrected chi connectivity index (χ0v) is 26.3. The Kier molecular flexibility index (Phi) is 6.80. The maximum atomic E-state index is 5.44. The van der Waals surface area contributed by atoms with Gasteiger partial charge >= 0.3 is 0 Å². The van der Waals surface area contributed by atoms with Crippen LogP contribution >= 0.6 is 0 Å². The van der Waals surface area contributed by atoms with Crippen molar-refractivity contribution < 1.29 is 0 Å². The molecule has 0 N–H and O–H groups in total. The fourth-order valence-electron chi connectivity index (χ4n) is 7.96. The highest BCUT2D eigenvalue weighted by molar-refractivity contribution is 6.22. The highest BCUT2D eigenvalue weighted by atomic mass is 15.1. The molecule has 0 amide bonds. The number of benzene rings is 5. The molecule has 0 saturated carbocycles. The lowest BCUT2D eigenvalue weighted by atomic mass is 9.86. The van der Waals surface area contributed by atoms with Crippen molar-refractivity contribution in [2.75, 3.05) is 36.0 Å². The second-order valence-corrected chi connectivity index (χ2v) is 13.1. The van der Waals surface area contributed by atoms with Crippen molar-refractivity contribution in [2.24, 2.45) is 0 Å². The smallest absolute Gasteiger partial charge is 0.0972 e. The van der Waals surface area contributed by atoms with Crippen LogP contribution in [-0.2, 0) is 0 Å². The van der Waals surface area contributed by atoms with Crippen molar-refractivity contribution in [3.05, 3.63) is 109 Å². The molecule has 4 heterocycles. The summed E-state index contributed by atoms with van der Waals surface area (Å²) in [5.74, 6) is 0. The number of pyridine rings is 2. The molecule has 0 unspecified atom stereocenters. The van der Waals surface area contributed by atoms with E-state index in [4.69, 9.17) is 9.97 Å². The molecule has 2 aromatic heterocycles. The van der Waals surface area contributed by atoms with Crippen LogP contribution in [0, 0.1) is 0 Å². The highest BCUT2D eigenvalue weighted by Crippen LogP contribution is 2.46. The van der Waals surface area contributed by atoms with E-state index < -0.39 is 0 Å². The lowest BCUT2D eigenvalue weighted by Crippen LogP contribution is -2.29. The van der Waals surface area contributed by atoms with Crippen molar-refractivity contribution in [3.8, 4) is 22.4 Å². The molecule has 2 aliphatic rings. The van der Waals surface area contributed by atoms with E-state index in [1.54, 1.807) is 0 Å². The van der Waals surface area contributed by atoms with Crippen LogP contribution in [0.4, 0.5) is 11.4 Å². The Morgan fingerprint density at radius 2 is 1.04 bits per heavy atom. The van der Waals surface area contributed by atoms with Gasteiger partial charge < -0.3 is 9.80 Å². The summed E-state index contributed by atoms with van der Waals surface area (Å²) in [4.78, 5) is 15.4. The molecule has 4 nitrogen and oxygen atoms in total. The molecule has 4 heteroatoms. The second-order valence-electron chi connectivity index (χ2n) is 13.1. The molecule has 9 rings (SSSR count). The average molecular weight is 599 g/mol. The maximum absolute atomic E-state index is 5.44. The third kappa shape index (κ3) is 4.67. The molecule has 0 aliphatic carbocycles. The second kappa shape index (κ2) is 11.4. The van der Waals surface area contributed by atoms with E-state index in [2.05, 4.69) is 107 Å². The van der Waals surface area contributed by atoms with Gasteiger partial charge in [-0.1, -0.05) is 66.7 Å². The molecule has 46 heavy (non-hydrogen) atoms. The molecular formula is C42H38N4. The van der Waals surface area contributed by atoms with Crippen molar-refractivity contribution in [1.82, 2.24) is 9.97 Å². The summed E-state index contributed by atoms with van der Waals surface area (Å²) in [6.45, 7) is 4.48. The van der Waals surface area contributed by atoms with Crippen molar-refractivity contribution >= 4 is 54.7 Å². The van der Waals surface area contributed by atoms with Gasteiger partial charge in [0, 0.05) is 60.1 Å². The quantitative estimate of drug-likeness (QED) is 0.149. The predicted octanol–water partition coefficient (Wildman–Crippen LogP) is 10.4. The predicted molar refractivity (Wildman–Crippen MR) is 195 cm³/mol. The van der Waals surface area contributed by atoms with Gasteiger partial charge in [-0.2, -0.15) is 0 Å². The first kappa shape index (κ1) is 27.4. The van der Waals surface area contributed by atoms with Crippen LogP contribution in [0.5, 0.6) is 0 Å². The average Bonchev–Trinajstić information content (AvgIpc) is 3.14. The normalized spacial score (nSPS) is 15.7. The van der Waals surface area contributed by atoms with E-state index >= 15 is 0 Å². The first-order valence-corrected chi connectivity index (χ1v) is 17.1. The SMILES string of the molecule is c1ccc(-c2c3cc(N4CCCCC4)ccc3c(-c3ccc4ccc5cccnc5c4n3)c3cc(N4CCCCC4)ccc23)cc1. The lowest BCUT2D eigenvalue weighted by molar-refractivity contribution is 0.578. The zero-order chi connectivity index (χ0) is 30.5. The van der Waals surface area contributed by atoms with Gasteiger partial charge in [-0.05, 0) is 108 Å². The van der Waals surface area contributed by atoms with Crippen LogP contribution in [0.25, 0.3) is 65.7 Å². The third-order valence-corrected chi connectivity index (χ3v) is 10.3. The summed E-state index contributed by atoms with van der Waals surface area (Å²) in [5, 5.41) is 7.32. The van der Waals surface area contributed by atoms with E-state index in [0.717, 1.165) is 53.7 Å². The number of piperidine rings is 2. The van der Waals surface area contributed by atoms with Gasteiger partial charge in [0.2, 0.25) is 0 Å². The number of nitrogens with zero attached hydrogens (tertiary/aromatic N) is 4. The van der Waals surface area contributed by atoms with E-state index in [1.165, 1.54) is 88.1 Å². The summed E-state index contributed by atoms with van der Waals surface area (Å²) < 4.78 is 0. The number of hydrogen-bond acceptors (Lipinski definition) is 4. The Balaban J connectivity index is 1.38. The summed E-state index contributed by atoms with van der Waals surface area (Å²) in [6, 6.07) is 38.3. The van der Waals surface area contributed by atoms with Crippen LogP contribution in [0.15, 0.2) is 109 Å². The Hall–Kier alpha value is -4.96. The minimum atomic E-state index is 0.956. The van der Waals surface area contributed by atoms with Gasteiger partial charge in [-0.3, -0.25) is 4.98 Å². The molecule has 2 fully saturated rings. The number of anilines is 2. The Bertz CT molecular complexity index is 2230. The van der Waals surface area contributed by atoms with Gasteiger partial charge in [0.05, 0.1) is 16.7 Å². The topological polar surface area (TPSA) is 32.3 Å². The van der Waals surface area contributed by atoms with Gasteiger partial charge in [0.1, 0.15) is 0 Å². The van der Waals surface area contributed by atoms with Crippen LogP contribution in [0.1, 0.15) is 38.5 Å². The fourth-order valence-corrected chi connectivity index (χ4v) is 7.96. The molecule has 226 valence electrons. The standard InChI is InChI=1S/C42H38N4/c1-4-11-29(12-5-1)39-34-19-17-33(46-25-8-3-9-26-46)28-37(34)40(35-20-18-32(27-36(35)39)45-23-6-2-7-24-45)38-21-16-31-15-14-30-13-10-22-43-41(30)42(31)44-38/h1,4-5,10-22,27-28H,2-3,6-9,23-26H2. The van der Waals surface area contributed by atoms with Gasteiger partial charge in [-0.25, -0.2) is 4.98 Å². The lowest BCUT2D eigenvalue weighted by Gasteiger charge is -2.30. The first-order valence-electron chi connectivity index (χ1n) is 17.1. The van der Waals surface area contributed by atoms with Crippen LogP contribution in [0.3, 0.4) is 0 Å². The third-order valence-electron chi connectivity index (χ3n) is 10.3. The monoisotopic (exact) mass is 598 g/mol. The molecule has 7 aromatic rings. The summed E-state index contributed by atoms with van der Waals surface area (Å²) in [7, 11) is 0. The van der Waals surface area contributed by atoms with Gasteiger partial charge in [0.25, 0.3) is 0 Å². The van der Waals surface area contributed by atoms with Crippen molar-refractivity contribution in [2.45, 2.75) is 38.5 Å². The summed E-state index contributed by atoms with van der Waals surface area (Å²) in [6.07, 6.45) is 9.55. The van der Waals surface area contributed by atoms with Crippen LogP contribution in [0.2, 0.25) is 0 Å². The van der Waals surface area contributed by atoms with Gasteiger partial charge in [-0.15, -0.1) is 0 Å². The molecule has 0 atom stereocenters. The highest BCUT2D eigenvalue weighted by Gasteiger charge is 2.22. The minimum Gasteiger partial charge on any atom is -0.372 e. The fraction of sp³-hybridized carbons (Fsp3) is 0.238. The van der Waals surface area contributed by atoms with E-state index in [9.17, 15) is 0 Å². The molecule has 2 aliphatic heterocycles. The molecule has 5 aromatic carbocycles. The van der Waals surface area contributed by atoms with E-state index in [-0.39, 0.29) is 0 Å². The minimum absolute atomic E-state index is 0.956. The summed E-state index contributed by atoms with van der Waals surface area (Å²) in [5.41, 5.74) is 9.33. The zero-order valence-electron chi connectivity index (χ0n) is 26.3. The molecule has 0 radical (unpaired) electrons. The molecule has 2 saturated heterocycles. The maximum Gasteiger partial charge on any atom is 0.0972 e. The largest absolute Gasteiger partial charge is 0.372 e. The number of fused-ring (bicyclic) bond motifs is 5. The van der Waals surface area contributed by atoms with Crippen LogP contribution in [-0.4, -0.2) is 36.1 Å². The molecule has 0 bridgehead atoms. The van der Waals surface area contributed by atoms with E-state index in [1.807, 2.05) is 12.3 Å². The Morgan fingerprint density at radius 1 is 0.457 bits per heavy atom. The Morgan fingerprint density at radius 3 is 1.72 bits per heavy atom. The molecular weight excluding hydrogens is 560 g/mol. The van der Waals surface area contributed by atoms with Crippen molar-refractivity contribution in [1.29, 1.82) is 0 Å². The van der Waals surface area contributed by atoms with Crippen LogP contribution < -0.4 is 9.80 Å². The first-order chi connectivity index (χ1) is 22.8. The molecule has 0 spiro atoms. The van der Waals surface area contributed by atoms with Gasteiger partial charge in [0.15, 0.2) is 0 Å². The van der Waals surface area contributed by atoms with E-state index in [0.29, 0.717) is 0 Å². The number of hydrogen-bond donors (Lipinski definition) is 0.